The van der Waals surface area contributed by atoms with E-state index in [1.807, 2.05) is 36.4 Å². The first-order valence-electron chi connectivity index (χ1n) is 9.70. The number of nitrogens with zero attached hydrogens (tertiary/aromatic N) is 2. The molecular formula is C24H15ClN4O2S. The number of carbonyl (C=O) groups is 1. The van der Waals surface area contributed by atoms with Crippen molar-refractivity contribution >= 4 is 62.5 Å². The standard InChI is InChI=1S/C24H15ClN4O2S/c25-18-11-10-15(23-28-21-20(31-23)9-4-12-26-21)13-19(18)27-24(32)29-22(30)17-8-3-6-14-5-1-2-7-16(14)17/h1-13H,(H2,27,29,30,32). The van der Waals surface area contributed by atoms with Crippen LogP contribution >= 0.6 is 23.8 Å². The van der Waals surface area contributed by atoms with E-state index in [0.29, 0.717) is 39.0 Å². The maximum absolute atomic E-state index is 12.8. The summed E-state index contributed by atoms with van der Waals surface area (Å²) in [5.74, 6) is 0.0979. The first-order chi connectivity index (χ1) is 15.6. The summed E-state index contributed by atoms with van der Waals surface area (Å²) in [5, 5.41) is 8.09. The molecule has 156 valence electrons. The average molecular weight is 459 g/mol. The van der Waals surface area contributed by atoms with Gasteiger partial charge in [-0.05, 0) is 59.4 Å². The number of nitrogens with one attached hydrogen (secondary N) is 2. The third-order valence-electron chi connectivity index (χ3n) is 4.89. The molecule has 0 aliphatic rings. The van der Waals surface area contributed by atoms with Crippen LogP contribution in [-0.2, 0) is 0 Å². The molecule has 5 rings (SSSR count). The van der Waals surface area contributed by atoms with Gasteiger partial charge in [0.2, 0.25) is 5.89 Å². The largest absolute Gasteiger partial charge is 0.434 e. The molecule has 8 heteroatoms. The Balaban J connectivity index is 1.37. The van der Waals surface area contributed by atoms with Crippen LogP contribution in [0.2, 0.25) is 5.02 Å². The van der Waals surface area contributed by atoms with Gasteiger partial charge in [0.15, 0.2) is 16.3 Å². The number of anilines is 1. The van der Waals surface area contributed by atoms with Crippen LogP contribution in [0, 0.1) is 0 Å². The van der Waals surface area contributed by atoms with Gasteiger partial charge in [-0.15, -0.1) is 0 Å². The van der Waals surface area contributed by atoms with Gasteiger partial charge >= 0.3 is 0 Å². The molecular weight excluding hydrogens is 444 g/mol. The molecule has 32 heavy (non-hydrogen) atoms. The lowest BCUT2D eigenvalue weighted by atomic mass is 10.0. The van der Waals surface area contributed by atoms with Gasteiger partial charge in [-0.1, -0.05) is 48.0 Å². The molecule has 6 nitrogen and oxygen atoms in total. The van der Waals surface area contributed by atoms with E-state index in [0.717, 1.165) is 10.8 Å². The Bertz CT molecular complexity index is 1460. The molecule has 0 saturated carbocycles. The number of oxazole rings is 1. The van der Waals surface area contributed by atoms with E-state index >= 15 is 0 Å². The molecule has 0 atom stereocenters. The molecule has 0 spiro atoms. The number of hydrogen-bond acceptors (Lipinski definition) is 5. The van der Waals surface area contributed by atoms with Crippen LogP contribution in [-0.4, -0.2) is 21.0 Å². The summed E-state index contributed by atoms with van der Waals surface area (Å²) >= 11 is 11.7. The minimum Gasteiger partial charge on any atom is -0.434 e. The van der Waals surface area contributed by atoms with E-state index in [2.05, 4.69) is 20.6 Å². The molecule has 2 N–H and O–H groups in total. The van der Waals surface area contributed by atoms with Crippen LogP contribution in [0.3, 0.4) is 0 Å². The van der Waals surface area contributed by atoms with Gasteiger partial charge in [0.05, 0.1) is 10.7 Å². The van der Waals surface area contributed by atoms with Crippen LogP contribution in [0.15, 0.2) is 83.4 Å². The fraction of sp³-hybridized carbons (Fsp3) is 0. The van der Waals surface area contributed by atoms with Crippen LogP contribution < -0.4 is 10.6 Å². The van der Waals surface area contributed by atoms with Crippen molar-refractivity contribution in [2.45, 2.75) is 0 Å². The number of amides is 1. The molecule has 0 bridgehead atoms. The van der Waals surface area contributed by atoms with Crippen LogP contribution in [0.4, 0.5) is 5.69 Å². The number of benzene rings is 3. The van der Waals surface area contributed by atoms with Crippen molar-refractivity contribution in [3.8, 4) is 11.5 Å². The minimum absolute atomic E-state index is 0.126. The topological polar surface area (TPSA) is 80.0 Å². The van der Waals surface area contributed by atoms with Gasteiger partial charge < -0.3 is 9.73 Å². The Morgan fingerprint density at radius 1 is 1.00 bits per heavy atom. The molecule has 3 aromatic carbocycles. The van der Waals surface area contributed by atoms with Crippen molar-refractivity contribution in [2.24, 2.45) is 0 Å². The molecule has 0 fully saturated rings. The quantitative estimate of drug-likeness (QED) is 0.331. The zero-order valence-corrected chi connectivity index (χ0v) is 18.1. The number of carbonyl (C=O) groups excluding carboxylic acids is 1. The van der Waals surface area contributed by atoms with Crippen LogP contribution in [0.1, 0.15) is 10.4 Å². The molecule has 0 radical (unpaired) electrons. The molecule has 2 aromatic heterocycles. The van der Waals surface area contributed by atoms with E-state index in [1.54, 1.807) is 42.6 Å². The molecule has 5 aromatic rings. The fourth-order valence-electron chi connectivity index (χ4n) is 3.39. The van der Waals surface area contributed by atoms with Crippen molar-refractivity contribution in [1.82, 2.24) is 15.3 Å². The second kappa shape index (κ2) is 8.37. The van der Waals surface area contributed by atoms with Crippen LogP contribution in [0.5, 0.6) is 0 Å². The highest BCUT2D eigenvalue weighted by Crippen LogP contribution is 2.30. The average Bonchev–Trinajstić information content (AvgIpc) is 3.24. The summed E-state index contributed by atoms with van der Waals surface area (Å²) in [6.45, 7) is 0. The Labute approximate surface area is 193 Å². The minimum atomic E-state index is -0.309. The highest BCUT2D eigenvalue weighted by molar-refractivity contribution is 7.80. The molecule has 0 unspecified atom stereocenters. The number of thiocarbonyl (C=S) groups is 1. The lowest BCUT2D eigenvalue weighted by molar-refractivity contribution is 0.0979. The second-order valence-corrected chi connectivity index (χ2v) is 7.79. The maximum atomic E-state index is 12.8. The first kappa shape index (κ1) is 20.1. The molecule has 1 amide bonds. The molecule has 2 heterocycles. The SMILES string of the molecule is O=C(NC(=S)Nc1cc(-c2nc3ncccc3o2)ccc1Cl)c1cccc2ccccc12. The zero-order chi connectivity index (χ0) is 22.1. The number of rotatable bonds is 3. The highest BCUT2D eigenvalue weighted by atomic mass is 35.5. The summed E-state index contributed by atoms with van der Waals surface area (Å²) in [4.78, 5) is 21.4. The number of aromatic nitrogens is 2. The van der Waals surface area contributed by atoms with E-state index in [1.165, 1.54) is 0 Å². The van der Waals surface area contributed by atoms with E-state index in [-0.39, 0.29) is 11.0 Å². The van der Waals surface area contributed by atoms with Crippen molar-refractivity contribution in [3.63, 3.8) is 0 Å². The summed E-state index contributed by atoms with van der Waals surface area (Å²) in [7, 11) is 0. The highest BCUT2D eigenvalue weighted by Gasteiger charge is 2.14. The Kier molecular flexibility index (Phi) is 5.26. The molecule has 0 saturated heterocycles. The predicted molar refractivity (Wildman–Crippen MR) is 130 cm³/mol. The number of pyridine rings is 1. The summed E-state index contributed by atoms with van der Waals surface area (Å²) in [5.41, 5.74) is 2.85. The van der Waals surface area contributed by atoms with Gasteiger partial charge in [0, 0.05) is 17.3 Å². The van der Waals surface area contributed by atoms with Crippen LogP contribution in [0.25, 0.3) is 33.5 Å². The lowest BCUT2D eigenvalue weighted by Gasteiger charge is -2.12. The van der Waals surface area contributed by atoms with Gasteiger partial charge in [0.25, 0.3) is 5.91 Å². The second-order valence-electron chi connectivity index (χ2n) is 6.97. The van der Waals surface area contributed by atoms with Crippen molar-refractivity contribution in [3.05, 3.63) is 89.6 Å². The van der Waals surface area contributed by atoms with Gasteiger partial charge in [-0.2, -0.15) is 4.98 Å². The predicted octanol–water partition coefficient (Wildman–Crippen LogP) is 5.82. The van der Waals surface area contributed by atoms with Gasteiger partial charge in [0.1, 0.15) is 0 Å². The van der Waals surface area contributed by atoms with Gasteiger partial charge in [-0.3, -0.25) is 10.1 Å². The zero-order valence-electron chi connectivity index (χ0n) is 16.5. The van der Waals surface area contributed by atoms with Crippen molar-refractivity contribution in [1.29, 1.82) is 0 Å². The third kappa shape index (κ3) is 3.91. The number of fused-ring (bicyclic) bond motifs is 2. The summed E-state index contributed by atoms with van der Waals surface area (Å²) < 4.78 is 5.77. The summed E-state index contributed by atoms with van der Waals surface area (Å²) in [6, 6.07) is 22.0. The lowest BCUT2D eigenvalue weighted by Crippen LogP contribution is -2.34. The normalized spacial score (nSPS) is 10.9. The Hall–Kier alpha value is -3.81. The number of halogens is 1. The molecule has 0 aliphatic heterocycles. The Morgan fingerprint density at radius 3 is 2.72 bits per heavy atom. The fourth-order valence-corrected chi connectivity index (χ4v) is 3.76. The van der Waals surface area contributed by atoms with E-state index < -0.39 is 0 Å². The number of hydrogen-bond donors (Lipinski definition) is 2. The summed E-state index contributed by atoms with van der Waals surface area (Å²) in [6.07, 6.45) is 1.65. The van der Waals surface area contributed by atoms with E-state index in [4.69, 9.17) is 28.2 Å². The maximum Gasteiger partial charge on any atom is 0.258 e. The monoisotopic (exact) mass is 458 g/mol. The van der Waals surface area contributed by atoms with Gasteiger partial charge in [-0.25, -0.2) is 4.98 Å². The third-order valence-corrected chi connectivity index (χ3v) is 5.42. The van der Waals surface area contributed by atoms with E-state index in [9.17, 15) is 4.79 Å². The Morgan fingerprint density at radius 2 is 1.84 bits per heavy atom. The van der Waals surface area contributed by atoms with Crippen molar-refractivity contribution < 1.29 is 9.21 Å². The van der Waals surface area contributed by atoms with Crippen molar-refractivity contribution in [2.75, 3.05) is 5.32 Å². The first-order valence-corrected chi connectivity index (χ1v) is 10.5. The molecule has 0 aliphatic carbocycles. The smallest absolute Gasteiger partial charge is 0.258 e.